The van der Waals surface area contributed by atoms with Crippen LogP contribution in [0.5, 0.6) is 0 Å². The third-order valence-corrected chi connectivity index (χ3v) is 3.37. The van der Waals surface area contributed by atoms with E-state index < -0.39 is 0 Å². The van der Waals surface area contributed by atoms with Gasteiger partial charge in [-0.25, -0.2) is 4.98 Å². The van der Waals surface area contributed by atoms with Gasteiger partial charge in [0.05, 0.1) is 11.7 Å². The monoisotopic (exact) mass is 207 g/mol. The van der Waals surface area contributed by atoms with E-state index in [4.69, 9.17) is 4.42 Å². The second-order valence-corrected chi connectivity index (χ2v) is 4.45. The van der Waals surface area contributed by atoms with E-state index in [0.717, 1.165) is 37.6 Å². The van der Waals surface area contributed by atoms with Gasteiger partial charge in [0.1, 0.15) is 6.26 Å². The lowest BCUT2D eigenvalue weighted by molar-refractivity contribution is 0.457. The number of hydrogen-bond acceptors (Lipinski definition) is 4. The molecule has 0 aliphatic carbocycles. The number of hydrogen-bond donors (Lipinski definition) is 2. The van der Waals surface area contributed by atoms with Crippen LogP contribution < -0.4 is 10.6 Å². The molecular weight excluding hydrogens is 190 g/mol. The summed E-state index contributed by atoms with van der Waals surface area (Å²) in [5.41, 5.74) is 1.09. The minimum Gasteiger partial charge on any atom is -0.448 e. The highest BCUT2D eigenvalue weighted by Crippen LogP contribution is 2.26. The van der Waals surface area contributed by atoms with E-state index in [1.54, 1.807) is 0 Å². The summed E-state index contributed by atoms with van der Waals surface area (Å²) in [6.45, 7) is 3.21. The smallest absolute Gasteiger partial charge is 0.198 e. The molecule has 82 valence electrons. The summed E-state index contributed by atoms with van der Waals surface area (Å²) in [4.78, 5) is 4.61. The number of nitrogens with one attached hydrogen (secondary N) is 2. The van der Waals surface area contributed by atoms with E-state index in [9.17, 15) is 0 Å². The van der Waals surface area contributed by atoms with Crippen LogP contribution in [0.25, 0.3) is 0 Å². The third-order valence-electron chi connectivity index (χ3n) is 3.37. The second kappa shape index (κ2) is 3.94. The minimum absolute atomic E-state index is 0.428. The van der Waals surface area contributed by atoms with Gasteiger partial charge in [-0.2, -0.15) is 0 Å². The van der Waals surface area contributed by atoms with Crippen molar-refractivity contribution >= 4 is 0 Å². The van der Waals surface area contributed by atoms with Crippen molar-refractivity contribution in [2.24, 2.45) is 0 Å². The topological polar surface area (TPSA) is 50.1 Å². The molecule has 4 nitrogen and oxygen atoms in total. The first-order chi connectivity index (χ1) is 7.43. The van der Waals surface area contributed by atoms with Gasteiger partial charge in [0.15, 0.2) is 5.89 Å². The molecule has 2 aliphatic heterocycles. The Morgan fingerprint density at radius 2 is 2.33 bits per heavy atom. The van der Waals surface area contributed by atoms with E-state index in [1.807, 2.05) is 6.26 Å². The molecule has 3 heterocycles. The fraction of sp³-hybridized carbons (Fsp3) is 0.727. The summed E-state index contributed by atoms with van der Waals surface area (Å²) >= 11 is 0. The molecule has 4 heteroatoms. The van der Waals surface area contributed by atoms with Crippen molar-refractivity contribution in [3.05, 3.63) is 17.8 Å². The molecule has 2 saturated heterocycles. The largest absolute Gasteiger partial charge is 0.448 e. The number of rotatable bonds is 2. The molecule has 2 atom stereocenters. The van der Waals surface area contributed by atoms with Crippen LogP contribution in [0.2, 0.25) is 0 Å². The van der Waals surface area contributed by atoms with Crippen LogP contribution in [0, 0.1) is 0 Å². The van der Waals surface area contributed by atoms with E-state index in [0.29, 0.717) is 12.0 Å². The van der Waals surface area contributed by atoms with Crippen molar-refractivity contribution in [3.63, 3.8) is 0 Å². The fourth-order valence-electron chi connectivity index (χ4n) is 2.45. The maximum absolute atomic E-state index is 5.57. The third kappa shape index (κ3) is 1.79. The highest BCUT2D eigenvalue weighted by molar-refractivity contribution is 5.08. The molecule has 15 heavy (non-hydrogen) atoms. The maximum atomic E-state index is 5.57. The van der Waals surface area contributed by atoms with Crippen LogP contribution in [-0.2, 0) is 0 Å². The highest BCUT2D eigenvalue weighted by Gasteiger charge is 2.24. The van der Waals surface area contributed by atoms with Gasteiger partial charge >= 0.3 is 0 Å². The first-order valence-corrected chi connectivity index (χ1v) is 5.83. The number of nitrogens with zero attached hydrogens (tertiary/aromatic N) is 1. The standard InChI is InChI=1S/C11H17N3O/c1-2-9(13-4-1)10-7-15-11(14-10)8-3-5-12-6-8/h7-9,12-13H,1-6H2. The fourth-order valence-corrected chi connectivity index (χ4v) is 2.45. The van der Waals surface area contributed by atoms with Crippen LogP contribution >= 0.6 is 0 Å². The van der Waals surface area contributed by atoms with Gasteiger partial charge in [0.2, 0.25) is 0 Å². The Hall–Kier alpha value is -0.870. The molecular formula is C11H17N3O. The molecule has 0 spiro atoms. The Morgan fingerprint density at radius 1 is 1.33 bits per heavy atom. The van der Waals surface area contributed by atoms with Crippen molar-refractivity contribution in [1.29, 1.82) is 0 Å². The van der Waals surface area contributed by atoms with Crippen molar-refractivity contribution in [2.45, 2.75) is 31.2 Å². The van der Waals surface area contributed by atoms with Gasteiger partial charge in [0.25, 0.3) is 0 Å². The molecule has 2 unspecified atom stereocenters. The van der Waals surface area contributed by atoms with Crippen molar-refractivity contribution in [1.82, 2.24) is 15.6 Å². The van der Waals surface area contributed by atoms with Gasteiger partial charge in [0, 0.05) is 12.5 Å². The van der Waals surface area contributed by atoms with Gasteiger partial charge in [-0.15, -0.1) is 0 Å². The molecule has 0 bridgehead atoms. The average molecular weight is 207 g/mol. The minimum atomic E-state index is 0.428. The predicted molar refractivity (Wildman–Crippen MR) is 56.7 cm³/mol. The molecule has 3 rings (SSSR count). The maximum Gasteiger partial charge on any atom is 0.198 e. The van der Waals surface area contributed by atoms with E-state index >= 15 is 0 Å². The number of oxazole rings is 1. The molecule has 0 aromatic carbocycles. The van der Waals surface area contributed by atoms with E-state index in [1.165, 1.54) is 12.8 Å². The van der Waals surface area contributed by atoms with Gasteiger partial charge in [-0.1, -0.05) is 0 Å². The lowest BCUT2D eigenvalue weighted by atomic mass is 10.1. The Bertz CT molecular complexity index is 294. The molecule has 2 aliphatic rings. The highest BCUT2D eigenvalue weighted by atomic mass is 16.3. The molecule has 1 aromatic heterocycles. The van der Waals surface area contributed by atoms with Crippen molar-refractivity contribution in [3.8, 4) is 0 Å². The first-order valence-electron chi connectivity index (χ1n) is 5.83. The summed E-state index contributed by atoms with van der Waals surface area (Å²) in [6, 6.07) is 0.428. The van der Waals surface area contributed by atoms with Gasteiger partial charge < -0.3 is 15.1 Å². The lowest BCUT2D eigenvalue weighted by Gasteiger charge is -2.04. The zero-order valence-corrected chi connectivity index (χ0v) is 8.83. The molecule has 0 saturated carbocycles. The van der Waals surface area contributed by atoms with Crippen molar-refractivity contribution in [2.75, 3.05) is 19.6 Å². The lowest BCUT2D eigenvalue weighted by Crippen LogP contribution is -2.13. The Kier molecular flexibility index (Phi) is 2.46. The quantitative estimate of drug-likeness (QED) is 0.764. The summed E-state index contributed by atoms with van der Waals surface area (Å²) in [7, 11) is 0. The zero-order valence-electron chi connectivity index (χ0n) is 8.83. The summed E-state index contributed by atoms with van der Waals surface area (Å²) in [6.07, 6.45) is 5.42. The summed E-state index contributed by atoms with van der Waals surface area (Å²) in [5, 5.41) is 6.77. The first kappa shape index (κ1) is 9.36. The predicted octanol–water partition coefficient (Wildman–Crippen LogP) is 1.18. The summed E-state index contributed by atoms with van der Waals surface area (Å²) in [5.74, 6) is 1.41. The van der Waals surface area contributed by atoms with E-state index in [-0.39, 0.29) is 0 Å². The van der Waals surface area contributed by atoms with Gasteiger partial charge in [-0.05, 0) is 32.4 Å². The average Bonchev–Trinajstić information content (AvgIpc) is 3.02. The Balaban J connectivity index is 1.74. The Morgan fingerprint density at radius 3 is 3.07 bits per heavy atom. The molecule has 0 radical (unpaired) electrons. The number of aromatic nitrogens is 1. The Labute approximate surface area is 89.5 Å². The van der Waals surface area contributed by atoms with Crippen molar-refractivity contribution < 1.29 is 4.42 Å². The molecule has 0 amide bonds. The van der Waals surface area contributed by atoms with E-state index in [2.05, 4.69) is 15.6 Å². The molecule has 1 aromatic rings. The SMILES string of the molecule is c1oc(C2CCNC2)nc1C1CCCN1. The van der Waals surface area contributed by atoms with Crippen LogP contribution in [-0.4, -0.2) is 24.6 Å². The normalized spacial score (nSPS) is 31.2. The van der Waals surface area contributed by atoms with Crippen LogP contribution in [0.15, 0.2) is 10.7 Å². The molecule has 2 fully saturated rings. The van der Waals surface area contributed by atoms with Crippen LogP contribution in [0.4, 0.5) is 0 Å². The zero-order chi connectivity index (χ0) is 10.1. The second-order valence-electron chi connectivity index (χ2n) is 4.45. The van der Waals surface area contributed by atoms with Crippen LogP contribution in [0.3, 0.4) is 0 Å². The van der Waals surface area contributed by atoms with Gasteiger partial charge in [-0.3, -0.25) is 0 Å². The molecule has 2 N–H and O–H groups in total. The van der Waals surface area contributed by atoms with Crippen LogP contribution in [0.1, 0.15) is 42.8 Å². The summed E-state index contributed by atoms with van der Waals surface area (Å²) < 4.78 is 5.57.